The topological polar surface area (TPSA) is 53.6 Å². The van der Waals surface area contributed by atoms with Gasteiger partial charge < -0.3 is 20.3 Å². The number of urea groups is 1. The predicted octanol–water partition coefficient (Wildman–Crippen LogP) is 1.89. The minimum absolute atomic E-state index is 0.0712. The lowest BCUT2D eigenvalue weighted by Gasteiger charge is -2.25. The highest BCUT2D eigenvalue weighted by atomic mass is 35.5. The summed E-state index contributed by atoms with van der Waals surface area (Å²) in [6.07, 6.45) is 0. The summed E-state index contributed by atoms with van der Waals surface area (Å²) in [4.78, 5) is 13.7. The van der Waals surface area contributed by atoms with Gasteiger partial charge >= 0.3 is 6.03 Å². The number of ether oxygens (including phenoxy) is 1. The molecule has 1 unspecified atom stereocenters. The number of carbonyl (C=O) groups excluding carboxylic acids is 1. The average molecular weight is 300 g/mol. The van der Waals surface area contributed by atoms with Crippen LogP contribution in [0.1, 0.15) is 11.6 Å². The maximum Gasteiger partial charge on any atom is 0.314 e. The maximum atomic E-state index is 11.6. The molecule has 1 aromatic rings. The van der Waals surface area contributed by atoms with E-state index >= 15 is 0 Å². The molecule has 1 rings (SSSR count). The van der Waals surface area contributed by atoms with E-state index in [9.17, 15) is 4.79 Å². The van der Waals surface area contributed by atoms with Crippen LogP contribution >= 0.6 is 11.6 Å². The molecule has 0 spiro atoms. The molecule has 1 aromatic carbocycles. The molecule has 2 amide bonds. The first-order valence-electron chi connectivity index (χ1n) is 6.47. The molecule has 0 heterocycles. The lowest BCUT2D eigenvalue weighted by molar-refractivity contribution is 0.194. The molecule has 112 valence electrons. The standard InChI is InChI=1S/C14H22ClN3O2/c1-18(2)13(11-5-4-6-12(15)9-11)10-17-14(19)16-7-8-20-3/h4-6,9,13H,7-8,10H2,1-3H3,(H2,16,17,19). The minimum atomic E-state index is -0.198. The van der Waals surface area contributed by atoms with Crippen LogP contribution in [0, 0.1) is 0 Å². The van der Waals surface area contributed by atoms with E-state index in [1.54, 1.807) is 7.11 Å². The Morgan fingerprint density at radius 3 is 2.75 bits per heavy atom. The fraction of sp³-hybridized carbons (Fsp3) is 0.500. The van der Waals surface area contributed by atoms with Crippen LogP contribution in [0.25, 0.3) is 0 Å². The van der Waals surface area contributed by atoms with Gasteiger partial charge in [-0.15, -0.1) is 0 Å². The van der Waals surface area contributed by atoms with Crippen molar-refractivity contribution in [2.45, 2.75) is 6.04 Å². The molecule has 1 atom stereocenters. The number of hydrogen-bond donors (Lipinski definition) is 2. The molecule has 0 aliphatic heterocycles. The molecule has 0 aliphatic carbocycles. The summed E-state index contributed by atoms with van der Waals surface area (Å²) < 4.78 is 4.87. The predicted molar refractivity (Wildman–Crippen MR) is 81.2 cm³/mol. The van der Waals surface area contributed by atoms with Crippen molar-refractivity contribution in [2.24, 2.45) is 0 Å². The molecular weight excluding hydrogens is 278 g/mol. The highest BCUT2D eigenvalue weighted by Gasteiger charge is 2.15. The highest BCUT2D eigenvalue weighted by Crippen LogP contribution is 2.20. The summed E-state index contributed by atoms with van der Waals surface area (Å²) in [6, 6.07) is 7.53. The number of carbonyl (C=O) groups is 1. The fourth-order valence-corrected chi connectivity index (χ4v) is 2.03. The van der Waals surface area contributed by atoms with E-state index in [-0.39, 0.29) is 12.1 Å². The zero-order valence-corrected chi connectivity index (χ0v) is 12.9. The van der Waals surface area contributed by atoms with Crippen molar-refractivity contribution in [3.05, 3.63) is 34.9 Å². The molecule has 0 aliphatic rings. The Morgan fingerprint density at radius 2 is 2.15 bits per heavy atom. The van der Waals surface area contributed by atoms with Gasteiger partial charge in [-0.3, -0.25) is 0 Å². The van der Waals surface area contributed by atoms with Crippen molar-refractivity contribution in [2.75, 3.05) is 40.9 Å². The molecule has 0 aromatic heterocycles. The minimum Gasteiger partial charge on any atom is -0.383 e. The van der Waals surface area contributed by atoms with Crippen molar-refractivity contribution in [3.8, 4) is 0 Å². The van der Waals surface area contributed by atoms with E-state index in [1.807, 2.05) is 43.3 Å². The highest BCUT2D eigenvalue weighted by molar-refractivity contribution is 6.30. The Bertz CT molecular complexity index is 427. The van der Waals surface area contributed by atoms with Crippen molar-refractivity contribution >= 4 is 17.6 Å². The Labute approximate surface area is 125 Å². The largest absolute Gasteiger partial charge is 0.383 e. The molecule has 6 heteroatoms. The van der Waals surface area contributed by atoms with Gasteiger partial charge in [0, 0.05) is 25.2 Å². The van der Waals surface area contributed by atoms with Crippen LogP contribution in [0.5, 0.6) is 0 Å². The molecule has 0 saturated heterocycles. The second-order valence-corrected chi connectivity index (χ2v) is 5.10. The summed E-state index contributed by atoms with van der Waals surface area (Å²) in [5.74, 6) is 0. The summed E-state index contributed by atoms with van der Waals surface area (Å²) in [7, 11) is 5.53. The van der Waals surface area contributed by atoms with Gasteiger partial charge in [-0.25, -0.2) is 4.79 Å². The Balaban J connectivity index is 2.54. The third-order valence-electron chi connectivity index (χ3n) is 2.90. The van der Waals surface area contributed by atoms with E-state index in [4.69, 9.17) is 16.3 Å². The summed E-state index contributed by atoms with van der Waals surface area (Å²) >= 11 is 6.01. The number of likely N-dealkylation sites (N-methyl/N-ethyl adjacent to an activating group) is 1. The number of rotatable bonds is 7. The van der Waals surface area contributed by atoms with Gasteiger partial charge in [0.15, 0.2) is 0 Å². The van der Waals surface area contributed by atoms with Crippen LogP contribution in [0.15, 0.2) is 24.3 Å². The van der Waals surface area contributed by atoms with Crippen LogP contribution in [0.2, 0.25) is 5.02 Å². The molecular formula is C14H22ClN3O2. The number of benzene rings is 1. The maximum absolute atomic E-state index is 11.6. The van der Waals surface area contributed by atoms with Gasteiger partial charge in [0.2, 0.25) is 0 Å². The van der Waals surface area contributed by atoms with Crippen molar-refractivity contribution in [1.82, 2.24) is 15.5 Å². The third kappa shape index (κ3) is 5.77. The van der Waals surface area contributed by atoms with Crippen molar-refractivity contribution in [3.63, 3.8) is 0 Å². The molecule has 0 radical (unpaired) electrons. The first-order chi connectivity index (χ1) is 9.54. The second kappa shape index (κ2) is 8.79. The SMILES string of the molecule is COCCNC(=O)NCC(c1cccc(Cl)c1)N(C)C. The lowest BCUT2D eigenvalue weighted by atomic mass is 10.1. The normalized spacial score (nSPS) is 12.2. The molecule has 5 nitrogen and oxygen atoms in total. The van der Waals surface area contributed by atoms with E-state index in [0.29, 0.717) is 24.7 Å². The van der Waals surface area contributed by atoms with Crippen LogP contribution in [0.3, 0.4) is 0 Å². The number of halogens is 1. The zero-order valence-electron chi connectivity index (χ0n) is 12.1. The van der Waals surface area contributed by atoms with E-state index in [1.165, 1.54) is 0 Å². The third-order valence-corrected chi connectivity index (χ3v) is 3.14. The lowest BCUT2D eigenvalue weighted by Crippen LogP contribution is -2.41. The molecule has 0 bridgehead atoms. The van der Waals surface area contributed by atoms with E-state index in [0.717, 1.165) is 5.56 Å². The van der Waals surface area contributed by atoms with Crippen LogP contribution in [-0.2, 0) is 4.74 Å². The van der Waals surface area contributed by atoms with Crippen LogP contribution < -0.4 is 10.6 Å². The van der Waals surface area contributed by atoms with Gasteiger partial charge in [-0.2, -0.15) is 0 Å². The van der Waals surface area contributed by atoms with Crippen molar-refractivity contribution in [1.29, 1.82) is 0 Å². The summed E-state index contributed by atoms with van der Waals surface area (Å²) in [5, 5.41) is 6.27. The van der Waals surface area contributed by atoms with Gasteiger partial charge in [0.25, 0.3) is 0 Å². The van der Waals surface area contributed by atoms with E-state index < -0.39 is 0 Å². The first-order valence-corrected chi connectivity index (χ1v) is 6.85. The molecule has 20 heavy (non-hydrogen) atoms. The Morgan fingerprint density at radius 1 is 1.40 bits per heavy atom. The number of nitrogens with zero attached hydrogens (tertiary/aromatic N) is 1. The molecule has 2 N–H and O–H groups in total. The number of methoxy groups -OCH3 is 1. The van der Waals surface area contributed by atoms with Gasteiger partial charge in [-0.1, -0.05) is 23.7 Å². The Hall–Kier alpha value is -1.30. The van der Waals surface area contributed by atoms with Crippen LogP contribution in [-0.4, -0.2) is 51.8 Å². The quantitative estimate of drug-likeness (QED) is 0.756. The summed E-state index contributed by atoms with van der Waals surface area (Å²) in [6.45, 7) is 1.50. The monoisotopic (exact) mass is 299 g/mol. The number of amides is 2. The van der Waals surface area contributed by atoms with Crippen LogP contribution in [0.4, 0.5) is 4.79 Å². The van der Waals surface area contributed by atoms with Gasteiger partial charge in [0.05, 0.1) is 12.6 Å². The molecule has 0 saturated carbocycles. The molecule has 0 fully saturated rings. The Kier molecular flexibility index (Phi) is 7.36. The number of hydrogen-bond acceptors (Lipinski definition) is 3. The van der Waals surface area contributed by atoms with Gasteiger partial charge in [0.1, 0.15) is 0 Å². The zero-order chi connectivity index (χ0) is 15.0. The first kappa shape index (κ1) is 16.8. The van der Waals surface area contributed by atoms with Gasteiger partial charge in [-0.05, 0) is 31.8 Å². The second-order valence-electron chi connectivity index (χ2n) is 4.66. The van der Waals surface area contributed by atoms with Crippen molar-refractivity contribution < 1.29 is 9.53 Å². The summed E-state index contributed by atoms with van der Waals surface area (Å²) in [5.41, 5.74) is 1.07. The number of nitrogens with one attached hydrogen (secondary N) is 2. The smallest absolute Gasteiger partial charge is 0.314 e. The fourth-order valence-electron chi connectivity index (χ4n) is 1.83. The van der Waals surface area contributed by atoms with E-state index in [2.05, 4.69) is 10.6 Å². The average Bonchev–Trinajstić information content (AvgIpc) is 2.39.